The number of nitrogens with zero attached hydrogens (tertiary/aromatic N) is 4. The van der Waals surface area contributed by atoms with Gasteiger partial charge in [0, 0.05) is 48.0 Å². The molecule has 13 aromatic rings. The van der Waals surface area contributed by atoms with Crippen LogP contribution < -0.4 is 0 Å². The monoisotopic (exact) mass is 716 g/mol. The van der Waals surface area contributed by atoms with Gasteiger partial charge in [-0.05, 0) is 52.2 Å². The van der Waals surface area contributed by atoms with Gasteiger partial charge >= 0.3 is 0 Å². The van der Waals surface area contributed by atoms with Crippen molar-refractivity contribution in [2.24, 2.45) is 0 Å². The molecule has 0 spiro atoms. The Morgan fingerprint density at radius 2 is 1.07 bits per heavy atom. The molecule has 0 aliphatic heterocycles. The Morgan fingerprint density at radius 1 is 0.418 bits per heavy atom. The fourth-order valence-corrected chi connectivity index (χ4v) is 10.5. The van der Waals surface area contributed by atoms with E-state index in [0.29, 0.717) is 5.95 Å². The molecule has 5 aromatic heterocycles. The predicted octanol–water partition coefficient (Wildman–Crippen LogP) is 13.6. The average Bonchev–Trinajstić information content (AvgIpc) is 3.99. The minimum atomic E-state index is 0.677. The summed E-state index contributed by atoms with van der Waals surface area (Å²) in [6.45, 7) is 0. The fourth-order valence-electron chi connectivity index (χ4n) is 9.32. The van der Waals surface area contributed by atoms with Crippen LogP contribution >= 0.6 is 11.3 Å². The second-order valence-electron chi connectivity index (χ2n) is 14.5. The Kier molecular flexibility index (Phi) is 5.74. The van der Waals surface area contributed by atoms with Crippen LogP contribution in [0, 0.1) is 0 Å². The first-order valence-corrected chi connectivity index (χ1v) is 19.5. The van der Waals surface area contributed by atoms with Gasteiger partial charge in [-0.1, -0.05) is 140 Å². The van der Waals surface area contributed by atoms with E-state index in [1.807, 2.05) is 0 Å². The molecule has 13 rings (SSSR count). The summed E-state index contributed by atoms with van der Waals surface area (Å²) >= 11 is 1.77. The highest BCUT2D eigenvalue weighted by atomic mass is 32.1. The van der Waals surface area contributed by atoms with Crippen molar-refractivity contribution in [1.82, 2.24) is 18.9 Å². The molecule has 0 aliphatic rings. The first-order chi connectivity index (χ1) is 27.3. The number of hydrogen-bond acceptors (Lipinski definition) is 3. The summed E-state index contributed by atoms with van der Waals surface area (Å²) in [5, 5.41) is 11.1. The van der Waals surface area contributed by atoms with Gasteiger partial charge in [0.2, 0.25) is 5.95 Å². The molecule has 5 heteroatoms. The van der Waals surface area contributed by atoms with E-state index >= 15 is 0 Å². The molecule has 5 heterocycles. The van der Waals surface area contributed by atoms with Gasteiger partial charge in [-0.3, -0.25) is 4.57 Å². The molecule has 0 amide bonds. The van der Waals surface area contributed by atoms with Crippen LogP contribution in [-0.4, -0.2) is 18.9 Å². The van der Waals surface area contributed by atoms with E-state index < -0.39 is 0 Å². The maximum Gasteiger partial charge on any atom is 0.235 e. The lowest BCUT2D eigenvalue weighted by atomic mass is 9.99. The maximum absolute atomic E-state index is 5.56. The second kappa shape index (κ2) is 10.8. The molecule has 4 nitrogen and oxygen atoms in total. The molecule has 0 unspecified atom stereocenters. The van der Waals surface area contributed by atoms with Crippen LogP contribution in [0.15, 0.2) is 170 Å². The van der Waals surface area contributed by atoms with Crippen molar-refractivity contribution >= 4 is 102 Å². The molecular weight excluding hydrogens is 689 g/mol. The quantitative estimate of drug-likeness (QED) is 0.182. The zero-order valence-electron chi connectivity index (χ0n) is 29.4. The molecule has 0 saturated carbocycles. The van der Waals surface area contributed by atoms with Crippen molar-refractivity contribution in [3.05, 3.63) is 170 Å². The smallest absolute Gasteiger partial charge is 0.235 e. The van der Waals surface area contributed by atoms with Crippen molar-refractivity contribution in [2.75, 3.05) is 0 Å². The lowest BCUT2D eigenvalue weighted by Crippen LogP contribution is -2.02. The molecule has 8 aromatic carbocycles. The molecular formula is C50H28N4S. The topological polar surface area (TPSA) is 35.1 Å². The number of fused-ring (bicyclic) bond motifs is 15. The number of benzene rings is 8. The highest BCUT2D eigenvalue weighted by molar-refractivity contribution is 7.26. The molecule has 55 heavy (non-hydrogen) atoms. The molecule has 0 saturated heterocycles. The first-order valence-electron chi connectivity index (χ1n) is 18.7. The standard InChI is InChI=1S/C50H28N4S/c1-2-12-29(13-3-1)30-22-24-32(25-23-30)46-49-47(36-18-8-11-21-42(36)55-49)52-50(51-46)54-39-20-10-6-16-34(39)44-41(54)28-37-43-33-15-5-4-14-31(33)26-27-40(43)53-38-19-9-7-17-35(38)45(44)48(37)53/h1-28H. The number of aromatic nitrogens is 4. The van der Waals surface area contributed by atoms with Crippen molar-refractivity contribution in [3.63, 3.8) is 0 Å². The van der Waals surface area contributed by atoms with Gasteiger partial charge < -0.3 is 4.40 Å². The van der Waals surface area contributed by atoms with Crippen LogP contribution in [-0.2, 0) is 0 Å². The minimum Gasteiger partial charge on any atom is -0.308 e. The third-order valence-corrected chi connectivity index (χ3v) is 12.8. The Balaban J connectivity index is 1.19. The summed E-state index contributed by atoms with van der Waals surface area (Å²) in [5.74, 6) is 0.677. The van der Waals surface area contributed by atoms with E-state index in [-0.39, 0.29) is 0 Å². The molecule has 0 N–H and O–H groups in total. The number of para-hydroxylation sites is 2. The van der Waals surface area contributed by atoms with E-state index in [2.05, 4.69) is 179 Å². The highest BCUT2D eigenvalue weighted by Crippen LogP contribution is 2.48. The number of rotatable bonds is 3. The van der Waals surface area contributed by atoms with Crippen molar-refractivity contribution in [2.45, 2.75) is 0 Å². The molecule has 0 aliphatic carbocycles. The lowest BCUT2D eigenvalue weighted by Gasteiger charge is -2.11. The van der Waals surface area contributed by atoms with Gasteiger partial charge in [0.05, 0.1) is 43.5 Å². The highest BCUT2D eigenvalue weighted by Gasteiger charge is 2.26. The molecule has 254 valence electrons. The van der Waals surface area contributed by atoms with Crippen LogP contribution in [0.25, 0.3) is 119 Å². The van der Waals surface area contributed by atoms with E-state index in [9.17, 15) is 0 Å². The Labute approximate surface area is 318 Å². The Bertz CT molecular complexity index is 3700. The van der Waals surface area contributed by atoms with Gasteiger partial charge in [-0.25, -0.2) is 9.97 Å². The van der Waals surface area contributed by atoms with Crippen LogP contribution in [0.3, 0.4) is 0 Å². The largest absolute Gasteiger partial charge is 0.308 e. The van der Waals surface area contributed by atoms with E-state index in [1.165, 1.54) is 75.5 Å². The summed E-state index contributed by atoms with van der Waals surface area (Å²) < 4.78 is 7.12. The lowest BCUT2D eigenvalue weighted by molar-refractivity contribution is 1.02. The Hall–Kier alpha value is -7.08. The van der Waals surface area contributed by atoms with Gasteiger partial charge in [-0.15, -0.1) is 11.3 Å². The van der Waals surface area contributed by atoms with Crippen molar-refractivity contribution < 1.29 is 0 Å². The predicted molar refractivity (Wildman–Crippen MR) is 232 cm³/mol. The SMILES string of the molecule is c1ccc(-c2ccc(-c3nc(-n4c5ccccc5c5c6c7ccccc7n7c8ccc9ccccc9c8c(cc54)c67)nc4c3sc3ccccc34)cc2)cc1. The summed E-state index contributed by atoms with van der Waals surface area (Å²) in [7, 11) is 0. The summed E-state index contributed by atoms with van der Waals surface area (Å²) in [6, 6.07) is 61.4. The number of thiophene rings is 1. The van der Waals surface area contributed by atoms with E-state index in [0.717, 1.165) is 37.9 Å². The third kappa shape index (κ3) is 3.89. The Morgan fingerprint density at radius 3 is 1.91 bits per heavy atom. The van der Waals surface area contributed by atoms with Gasteiger partial charge in [0.15, 0.2) is 0 Å². The number of hydrogen-bond donors (Lipinski definition) is 0. The van der Waals surface area contributed by atoms with Gasteiger partial charge in [-0.2, -0.15) is 0 Å². The van der Waals surface area contributed by atoms with Gasteiger partial charge in [0.1, 0.15) is 0 Å². The van der Waals surface area contributed by atoms with Gasteiger partial charge in [0.25, 0.3) is 0 Å². The third-order valence-electron chi connectivity index (χ3n) is 11.7. The normalized spacial score (nSPS) is 12.4. The molecule has 0 bridgehead atoms. The molecule has 0 atom stereocenters. The zero-order chi connectivity index (χ0) is 35.8. The first kappa shape index (κ1) is 29.4. The van der Waals surface area contributed by atoms with E-state index in [4.69, 9.17) is 9.97 Å². The van der Waals surface area contributed by atoms with Crippen LogP contribution in [0.2, 0.25) is 0 Å². The summed E-state index contributed by atoms with van der Waals surface area (Å²) in [5.41, 5.74) is 11.3. The maximum atomic E-state index is 5.56. The van der Waals surface area contributed by atoms with Crippen LogP contribution in [0.5, 0.6) is 0 Å². The van der Waals surface area contributed by atoms with Crippen molar-refractivity contribution in [3.8, 4) is 28.3 Å². The average molecular weight is 717 g/mol. The van der Waals surface area contributed by atoms with Crippen molar-refractivity contribution in [1.29, 1.82) is 0 Å². The summed E-state index contributed by atoms with van der Waals surface area (Å²) in [4.78, 5) is 11.1. The fraction of sp³-hybridized carbons (Fsp3) is 0. The molecule has 0 fully saturated rings. The second-order valence-corrected chi connectivity index (χ2v) is 15.6. The minimum absolute atomic E-state index is 0.677. The van der Waals surface area contributed by atoms with E-state index in [1.54, 1.807) is 11.3 Å². The summed E-state index contributed by atoms with van der Waals surface area (Å²) in [6.07, 6.45) is 0. The molecule has 0 radical (unpaired) electrons. The van der Waals surface area contributed by atoms with Crippen LogP contribution in [0.4, 0.5) is 0 Å². The zero-order valence-corrected chi connectivity index (χ0v) is 30.2. The van der Waals surface area contributed by atoms with Crippen LogP contribution in [0.1, 0.15) is 0 Å².